The Morgan fingerprint density at radius 1 is 1.09 bits per heavy atom. The van der Waals surface area contributed by atoms with Crippen LogP contribution >= 0.6 is 11.6 Å². The average Bonchev–Trinajstić information content (AvgIpc) is 2.48. The molecule has 22 heavy (non-hydrogen) atoms. The van der Waals surface area contributed by atoms with Gasteiger partial charge in [0.15, 0.2) is 0 Å². The zero-order chi connectivity index (χ0) is 16.3. The third kappa shape index (κ3) is 4.30. The monoisotopic (exact) mass is 338 g/mol. The van der Waals surface area contributed by atoms with E-state index in [0.717, 1.165) is 17.1 Å². The van der Waals surface area contributed by atoms with Crippen LogP contribution in [0.3, 0.4) is 0 Å². The normalized spacial score (nSPS) is 13.3. The molecule has 0 aliphatic carbocycles. The minimum Gasteiger partial charge on any atom is -0.295 e. The lowest BCUT2D eigenvalue weighted by Gasteiger charge is -2.25. The van der Waals surface area contributed by atoms with Crippen molar-refractivity contribution in [1.29, 1.82) is 0 Å². The highest BCUT2D eigenvalue weighted by Crippen LogP contribution is 2.22. The molecule has 0 saturated carbocycles. The molecule has 0 fully saturated rings. The van der Waals surface area contributed by atoms with Crippen molar-refractivity contribution in [2.75, 3.05) is 7.05 Å². The second-order valence-electron chi connectivity index (χ2n) is 5.33. The van der Waals surface area contributed by atoms with Gasteiger partial charge in [0.1, 0.15) is 0 Å². The highest BCUT2D eigenvalue weighted by atomic mass is 35.5. The van der Waals surface area contributed by atoms with Crippen LogP contribution < -0.4 is 5.14 Å². The van der Waals surface area contributed by atoms with Crippen LogP contribution in [0.4, 0.5) is 0 Å². The van der Waals surface area contributed by atoms with Gasteiger partial charge in [-0.2, -0.15) is 0 Å². The van der Waals surface area contributed by atoms with Crippen molar-refractivity contribution >= 4 is 21.6 Å². The average molecular weight is 339 g/mol. The van der Waals surface area contributed by atoms with E-state index in [1.54, 1.807) is 12.1 Å². The number of hydrogen-bond donors (Lipinski definition) is 1. The minimum absolute atomic E-state index is 0.129. The Kier molecular flexibility index (Phi) is 5.24. The number of halogens is 1. The molecule has 2 aromatic carbocycles. The summed E-state index contributed by atoms with van der Waals surface area (Å²) in [6.07, 6.45) is 0. The Bertz CT molecular complexity index is 728. The molecule has 4 nitrogen and oxygen atoms in total. The number of nitrogens with zero attached hydrogens (tertiary/aromatic N) is 1. The molecule has 6 heteroatoms. The fourth-order valence-corrected chi connectivity index (χ4v) is 2.85. The number of primary sulfonamides is 1. The maximum Gasteiger partial charge on any atom is 0.238 e. The summed E-state index contributed by atoms with van der Waals surface area (Å²) in [6.45, 7) is 2.84. The fourth-order valence-electron chi connectivity index (χ4n) is 2.21. The molecule has 0 bridgehead atoms. The molecule has 2 rings (SSSR count). The van der Waals surface area contributed by atoms with Crippen molar-refractivity contribution in [3.8, 4) is 0 Å². The number of nitrogens with two attached hydrogens (primary N) is 1. The van der Waals surface area contributed by atoms with Gasteiger partial charge in [0.2, 0.25) is 10.0 Å². The van der Waals surface area contributed by atoms with Gasteiger partial charge in [-0.15, -0.1) is 0 Å². The van der Waals surface area contributed by atoms with Gasteiger partial charge in [-0.3, -0.25) is 4.90 Å². The molecule has 0 unspecified atom stereocenters. The van der Waals surface area contributed by atoms with Gasteiger partial charge in [0, 0.05) is 17.6 Å². The van der Waals surface area contributed by atoms with Gasteiger partial charge >= 0.3 is 0 Å². The van der Waals surface area contributed by atoms with Gasteiger partial charge in [0.05, 0.1) is 4.90 Å². The SMILES string of the molecule is C[C@H](c1ccc(S(N)(=O)=O)cc1)N(C)Cc1ccc(Cl)cc1. The molecule has 2 N–H and O–H groups in total. The summed E-state index contributed by atoms with van der Waals surface area (Å²) in [5, 5.41) is 5.83. The van der Waals surface area contributed by atoms with Crippen LogP contribution in [0, 0.1) is 0 Å². The van der Waals surface area contributed by atoms with E-state index in [-0.39, 0.29) is 10.9 Å². The molecule has 0 aliphatic rings. The van der Waals surface area contributed by atoms with Crippen LogP contribution in [0.15, 0.2) is 53.4 Å². The third-order valence-electron chi connectivity index (χ3n) is 3.70. The maximum atomic E-state index is 11.3. The lowest BCUT2D eigenvalue weighted by Crippen LogP contribution is -2.22. The second-order valence-corrected chi connectivity index (χ2v) is 7.33. The number of sulfonamides is 1. The van der Waals surface area contributed by atoms with E-state index < -0.39 is 10.0 Å². The first-order chi connectivity index (χ1) is 10.3. The first kappa shape index (κ1) is 17.0. The first-order valence-electron chi connectivity index (χ1n) is 6.85. The maximum absolute atomic E-state index is 11.3. The Labute approximate surface area is 136 Å². The molecule has 0 amide bonds. The lowest BCUT2D eigenvalue weighted by atomic mass is 10.1. The number of rotatable bonds is 5. The van der Waals surface area contributed by atoms with Crippen LogP contribution in [-0.4, -0.2) is 20.4 Å². The molecular formula is C16H19ClN2O2S. The molecule has 0 aliphatic heterocycles. The van der Waals surface area contributed by atoms with E-state index in [1.807, 2.05) is 31.3 Å². The standard InChI is InChI=1S/C16H19ClN2O2S/c1-12(14-5-9-16(10-6-14)22(18,20)21)19(2)11-13-3-7-15(17)8-4-13/h3-10,12H,11H2,1-2H3,(H2,18,20,21)/t12-/m1/s1. The van der Waals surface area contributed by atoms with Gasteiger partial charge < -0.3 is 0 Å². The van der Waals surface area contributed by atoms with E-state index in [9.17, 15) is 8.42 Å². The summed E-state index contributed by atoms with van der Waals surface area (Å²) in [4.78, 5) is 2.30. The Morgan fingerprint density at radius 2 is 1.64 bits per heavy atom. The number of hydrogen-bond acceptors (Lipinski definition) is 3. The number of benzene rings is 2. The van der Waals surface area contributed by atoms with Gasteiger partial charge in [-0.1, -0.05) is 35.9 Å². The zero-order valence-electron chi connectivity index (χ0n) is 12.5. The van der Waals surface area contributed by atoms with E-state index in [0.29, 0.717) is 0 Å². The molecule has 0 aromatic heterocycles. The second kappa shape index (κ2) is 6.79. The van der Waals surface area contributed by atoms with Crippen LogP contribution in [0.5, 0.6) is 0 Å². The van der Waals surface area contributed by atoms with Crippen molar-refractivity contribution < 1.29 is 8.42 Å². The van der Waals surface area contributed by atoms with E-state index in [1.165, 1.54) is 17.7 Å². The summed E-state index contributed by atoms with van der Waals surface area (Å²) in [7, 11) is -1.62. The van der Waals surface area contributed by atoms with Crippen molar-refractivity contribution in [2.24, 2.45) is 5.14 Å². The molecule has 0 spiro atoms. The summed E-state index contributed by atoms with van der Waals surface area (Å²) in [5.41, 5.74) is 2.20. The first-order valence-corrected chi connectivity index (χ1v) is 8.77. The Morgan fingerprint density at radius 3 is 2.14 bits per heavy atom. The van der Waals surface area contributed by atoms with Gasteiger partial charge in [-0.25, -0.2) is 13.6 Å². The molecule has 1 atom stereocenters. The largest absolute Gasteiger partial charge is 0.295 e. The van der Waals surface area contributed by atoms with Gasteiger partial charge in [-0.05, 0) is 49.4 Å². The Hall–Kier alpha value is -1.40. The molecule has 0 radical (unpaired) electrons. The van der Waals surface area contributed by atoms with Crippen molar-refractivity contribution in [1.82, 2.24) is 4.90 Å². The molecular weight excluding hydrogens is 320 g/mol. The van der Waals surface area contributed by atoms with Crippen molar-refractivity contribution in [2.45, 2.75) is 24.4 Å². The van der Waals surface area contributed by atoms with Crippen molar-refractivity contribution in [3.63, 3.8) is 0 Å². The predicted molar refractivity (Wildman–Crippen MR) is 89.1 cm³/mol. The van der Waals surface area contributed by atoms with Crippen LogP contribution in [0.1, 0.15) is 24.1 Å². The van der Waals surface area contributed by atoms with E-state index >= 15 is 0 Å². The molecule has 0 heterocycles. The highest BCUT2D eigenvalue weighted by Gasteiger charge is 2.14. The van der Waals surface area contributed by atoms with E-state index in [4.69, 9.17) is 16.7 Å². The predicted octanol–water partition coefficient (Wildman–Crippen LogP) is 3.18. The third-order valence-corrected chi connectivity index (χ3v) is 4.88. The quantitative estimate of drug-likeness (QED) is 0.910. The highest BCUT2D eigenvalue weighted by molar-refractivity contribution is 7.89. The minimum atomic E-state index is -3.64. The van der Waals surface area contributed by atoms with Gasteiger partial charge in [0.25, 0.3) is 0 Å². The van der Waals surface area contributed by atoms with Crippen LogP contribution in [0.25, 0.3) is 0 Å². The smallest absolute Gasteiger partial charge is 0.238 e. The zero-order valence-corrected chi connectivity index (χ0v) is 14.1. The molecule has 0 saturated heterocycles. The lowest BCUT2D eigenvalue weighted by molar-refractivity contribution is 0.253. The summed E-state index contributed by atoms with van der Waals surface area (Å²) in [5.74, 6) is 0. The summed E-state index contributed by atoms with van der Waals surface area (Å²) < 4.78 is 22.5. The van der Waals surface area contributed by atoms with Crippen LogP contribution in [-0.2, 0) is 16.6 Å². The summed E-state index contributed by atoms with van der Waals surface area (Å²) >= 11 is 5.89. The fraction of sp³-hybridized carbons (Fsp3) is 0.250. The molecule has 2 aromatic rings. The molecule has 118 valence electrons. The van der Waals surface area contributed by atoms with E-state index in [2.05, 4.69) is 11.8 Å². The Balaban J connectivity index is 2.10. The van der Waals surface area contributed by atoms with Crippen LogP contribution in [0.2, 0.25) is 5.02 Å². The van der Waals surface area contributed by atoms with Crippen molar-refractivity contribution in [3.05, 3.63) is 64.7 Å². The summed E-state index contributed by atoms with van der Waals surface area (Å²) in [6, 6.07) is 14.5. The topological polar surface area (TPSA) is 63.4 Å².